The quantitative estimate of drug-likeness (QED) is 0.887. The zero-order valence-electron chi connectivity index (χ0n) is 9.34. The Kier molecular flexibility index (Phi) is 3.69. The molecule has 0 radical (unpaired) electrons. The molecule has 0 spiro atoms. The van der Waals surface area contributed by atoms with Gasteiger partial charge in [0.2, 0.25) is 0 Å². The van der Waals surface area contributed by atoms with Crippen LogP contribution in [0.1, 0.15) is 22.3 Å². The van der Waals surface area contributed by atoms with E-state index in [4.69, 9.17) is 10.8 Å². The van der Waals surface area contributed by atoms with Gasteiger partial charge in [-0.25, -0.2) is 9.37 Å². The zero-order chi connectivity index (χ0) is 13.1. The molecule has 0 fully saturated rings. The van der Waals surface area contributed by atoms with Crippen LogP contribution < -0.4 is 5.73 Å². The molecule has 1 aromatic carbocycles. The van der Waals surface area contributed by atoms with Gasteiger partial charge in [-0.2, -0.15) is 0 Å². The predicted octanol–water partition coefficient (Wildman–Crippen LogP) is 1.96. The van der Waals surface area contributed by atoms with E-state index in [-0.39, 0.29) is 5.82 Å². The Labute approximate surface area is 107 Å². The van der Waals surface area contributed by atoms with Crippen molar-refractivity contribution in [1.29, 1.82) is 0 Å². The van der Waals surface area contributed by atoms with Gasteiger partial charge in [0.25, 0.3) is 0 Å². The minimum Gasteiger partial charge on any atom is -0.480 e. The highest BCUT2D eigenvalue weighted by molar-refractivity contribution is 7.09. The van der Waals surface area contributed by atoms with Gasteiger partial charge in [-0.15, -0.1) is 11.3 Å². The summed E-state index contributed by atoms with van der Waals surface area (Å²) in [4.78, 5) is 14.8. The van der Waals surface area contributed by atoms with Gasteiger partial charge in [0.1, 0.15) is 11.9 Å². The van der Waals surface area contributed by atoms with Gasteiger partial charge < -0.3 is 10.8 Å². The second-order valence-corrected chi connectivity index (χ2v) is 4.69. The van der Waals surface area contributed by atoms with Crippen LogP contribution in [0.15, 0.2) is 29.6 Å². The molecule has 0 aliphatic carbocycles. The summed E-state index contributed by atoms with van der Waals surface area (Å²) in [6.07, 6.45) is 0.337. The summed E-state index contributed by atoms with van der Waals surface area (Å²) in [6.45, 7) is 0. The number of aliphatic carboxylic acids is 1. The number of nitrogens with zero attached hydrogens (tertiary/aromatic N) is 1. The number of thiazole rings is 1. The first kappa shape index (κ1) is 12.7. The van der Waals surface area contributed by atoms with Crippen LogP contribution in [0.25, 0.3) is 0 Å². The maximum atomic E-state index is 13.4. The number of hydrogen-bond acceptors (Lipinski definition) is 4. The first-order valence-electron chi connectivity index (χ1n) is 5.24. The Morgan fingerprint density at radius 1 is 1.50 bits per heavy atom. The summed E-state index contributed by atoms with van der Waals surface area (Å²) in [6, 6.07) is 5.29. The molecule has 1 atom stereocenters. The van der Waals surface area contributed by atoms with Gasteiger partial charge in [0.05, 0.1) is 10.7 Å². The third-order valence-electron chi connectivity index (χ3n) is 2.45. The lowest BCUT2D eigenvalue weighted by molar-refractivity contribution is -0.138. The molecule has 2 rings (SSSR count). The van der Waals surface area contributed by atoms with Crippen LogP contribution in [0.3, 0.4) is 0 Å². The molecule has 0 aliphatic heterocycles. The van der Waals surface area contributed by atoms with Crippen molar-refractivity contribution in [3.8, 4) is 0 Å². The van der Waals surface area contributed by atoms with Crippen molar-refractivity contribution in [1.82, 2.24) is 4.98 Å². The van der Waals surface area contributed by atoms with E-state index >= 15 is 0 Å². The van der Waals surface area contributed by atoms with Gasteiger partial charge >= 0.3 is 5.97 Å². The molecule has 0 saturated heterocycles. The second-order valence-electron chi connectivity index (χ2n) is 3.75. The Morgan fingerprint density at radius 3 is 2.89 bits per heavy atom. The number of aromatic nitrogens is 1. The third-order valence-corrected chi connectivity index (χ3v) is 3.32. The third kappa shape index (κ3) is 2.72. The molecular formula is C12H11FN2O2S. The first-order valence-corrected chi connectivity index (χ1v) is 6.12. The summed E-state index contributed by atoms with van der Waals surface area (Å²) in [5, 5.41) is 11.0. The fraction of sp³-hybridized carbons (Fsp3) is 0.167. The highest BCUT2D eigenvalue weighted by Crippen LogP contribution is 2.19. The Balaban J connectivity index is 2.17. The summed E-state index contributed by atoms with van der Waals surface area (Å²) >= 11 is 1.28. The van der Waals surface area contributed by atoms with Crippen molar-refractivity contribution >= 4 is 17.3 Å². The Hall–Kier alpha value is -1.79. The monoisotopic (exact) mass is 266 g/mol. The number of carbonyl (C=O) groups is 1. The first-order chi connectivity index (χ1) is 8.58. The fourth-order valence-corrected chi connectivity index (χ4v) is 2.33. The molecular weight excluding hydrogens is 255 g/mol. The highest BCUT2D eigenvalue weighted by Gasteiger charge is 2.17. The van der Waals surface area contributed by atoms with E-state index in [1.54, 1.807) is 23.6 Å². The molecule has 94 valence electrons. The van der Waals surface area contributed by atoms with Crippen molar-refractivity contribution in [2.75, 3.05) is 0 Å². The summed E-state index contributed by atoms with van der Waals surface area (Å²) < 4.78 is 13.4. The molecule has 2 aromatic rings. The molecule has 0 bridgehead atoms. The number of rotatable bonds is 4. The van der Waals surface area contributed by atoms with Crippen molar-refractivity contribution in [2.24, 2.45) is 5.73 Å². The molecule has 1 heterocycles. The lowest BCUT2D eigenvalue weighted by Crippen LogP contribution is -2.20. The van der Waals surface area contributed by atoms with Crippen molar-refractivity contribution in [3.05, 3.63) is 51.7 Å². The molecule has 3 N–H and O–H groups in total. The number of nitrogens with two attached hydrogens (primary N) is 1. The Morgan fingerprint density at radius 2 is 2.22 bits per heavy atom. The van der Waals surface area contributed by atoms with E-state index in [0.29, 0.717) is 22.7 Å². The Bertz CT molecular complexity index is 571. The van der Waals surface area contributed by atoms with Gasteiger partial charge in [-0.05, 0) is 11.6 Å². The number of hydrogen-bond donors (Lipinski definition) is 2. The van der Waals surface area contributed by atoms with Gasteiger partial charge in [0.15, 0.2) is 0 Å². The maximum absolute atomic E-state index is 13.4. The topological polar surface area (TPSA) is 76.2 Å². The number of halogens is 1. The maximum Gasteiger partial charge on any atom is 0.326 e. The SMILES string of the molecule is NC(C(=O)O)c1csc(Cc2ccccc2F)n1. The highest BCUT2D eigenvalue weighted by atomic mass is 32.1. The molecule has 6 heteroatoms. The minimum absolute atomic E-state index is 0.295. The zero-order valence-corrected chi connectivity index (χ0v) is 10.2. The van der Waals surface area contributed by atoms with Gasteiger partial charge in [0, 0.05) is 11.8 Å². The summed E-state index contributed by atoms with van der Waals surface area (Å²) in [5.41, 5.74) is 6.28. The lowest BCUT2D eigenvalue weighted by atomic mass is 10.1. The number of benzene rings is 1. The summed E-state index contributed by atoms with van der Waals surface area (Å²) in [5.74, 6) is -1.42. The van der Waals surface area contributed by atoms with Crippen LogP contribution in [-0.4, -0.2) is 16.1 Å². The molecule has 0 amide bonds. The van der Waals surface area contributed by atoms with Crippen LogP contribution in [0.2, 0.25) is 0 Å². The van der Waals surface area contributed by atoms with Crippen LogP contribution in [0, 0.1) is 5.82 Å². The van der Waals surface area contributed by atoms with E-state index in [0.717, 1.165) is 0 Å². The largest absolute Gasteiger partial charge is 0.480 e. The standard InChI is InChI=1S/C12H11FN2O2S/c13-8-4-2-1-3-7(8)5-10-15-9(6-18-10)11(14)12(16)17/h1-4,6,11H,5,14H2,(H,16,17). The molecule has 1 unspecified atom stereocenters. The average Bonchev–Trinajstić information content (AvgIpc) is 2.79. The van der Waals surface area contributed by atoms with E-state index in [9.17, 15) is 9.18 Å². The molecule has 0 saturated carbocycles. The van der Waals surface area contributed by atoms with Crippen LogP contribution in [-0.2, 0) is 11.2 Å². The normalized spacial score (nSPS) is 12.3. The molecule has 0 aliphatic rings. The van der Waals surface area contributed by atoms with Crippen LogP contribution >= 0.6 is 11.3 Å². The van der Waals surface area contributed by atoms with E-state index in [2.05, 4.69) is 4.98 Å². The average molecular weight is 266 g/mol. The lowest BCUT2D eigenvalue weighted by Gasteiger charge is -2.01. The predicted molar refractivity (Wildman–Crippen MR) is 65.9 cm³/mol. The minimum atomic E-state index is -1.13. The summed E-state index contributed by atoms with van der Waals surface area (Å²) in [7, 11) is 0. The molecule has 4 nitrogen and oxygen atoms in total. The smallest absolute Gasteiger partial charge is 0.326 e. The van der Waals surface area contributed by atoms with E-state index < -0.39 is 12.0 Å². The second kappa shape index (κ2) is 5.24. The van der Waals surface area contributed by atoms with Crippen LogP contribution in [0.5, 0.6) is 0 Å². The van der Waals surface area contributed by atoms with Crippen LogP contribution in [0.4, 0.5) is 4.39 Å². The van der Waals surface area contributed by atoms with Crippen molar-refractivity contribution < 1.29 is 14.3 Å². The number of carboxylic acid groups (broad SMARTS) is 1. The molecule has 18 heavy (non-hydrogen) atoms. The van der Waals surface area contributed by atoms with Gasteiger partial charge in [-0.3, -0.25) is 4.79 Å². The van der Waals surface area contributed by atoms with E-state index in [1.807, 2.05) is 0 Å². The van der Waals surface area contributed by atoms with Crippen molar-refractivity contribution in [2.45, 2.75) is 12.5 Å². The van der Waals surface area contributed by atoms with Gasteiger partial charge in [-0.1, -0.05) is 18.2 Å². The number of carboxylic acids is 1. The van der Waals surface area contributed by atoms with Crippen molar-refractivity contribution in [3.63, 3.8) is 0 Å². The van der Waals surface area contributed by atoms with E-state index in [1.165, 1.54) is 17.4 Å². The fourth-order valence-electron chi connectivity index (χ4n) is 1.48. The molecule has 1 aromatic heterocycles.